The van der Waals surface area contributed by atoms with Gasteiger partial charge in [0, 0.05) is 80.4 Å². The zero-order valence-electron chi connectivity index (χ0n) is 27.7. The fourth-order valence-corrected chi connectivity index (χ4v) is 6.76. The van der Waals surface area contributed by atoms with Crippen molar-refractivity contribution in [2.75, 3.05) is 64.4 Å². The highest BCUT2D eigenvalue weighted by Gasteiger charge is 2.42. The summed E-state index contributed by atoms with van der Waals surface area (Å²) in [5.41, 5.74) is 2.54. The molecule has 2 aromatic heterocycles. The second kappa shape index (κ2) is 16.8. The molecule has 1 aliphatic carbocycles. The quantitative estimate of drug-likeness (QED) is 0.248. The number of rotatable bonds is 12. The van der Waals surface area contributed by atoms with Gasteiger partial charge in [-0.15, -0.1) is 0 Å². The lowest BCUT2D eigenvalue weighted by Crippen LogP contribution is -2.47. The molecule has 0 spiro atoms. The Bertz CT molecular complexity index is 1500. The SMILES string of the molecule is CC(=O)NCC1CCN(Cc2cc(Oc3cnc(N4CCN(CCC5(C=O)CC5)CC4)nc3)nc(-c3cc(Cl)cc(Cl)c3)c2)CC1.CO. The Morgan fingerprint density at radius 3 is 2.25 bits per heavy atom. The van der Waals surface area contributed by atoms with Gasteiger partial charge in [-0.05, 0) is 87.5 Å². The van der Waals surface area contributed by atoms with Gasteiger partial charge in [-0.2, -0.15) is 0 Å². The number of aromatic nitrogens is 3. The van der Waals surface area contributed by atoms with Crippen LogP contribution in [0, 0.1) is 11.3 Å². The van der Waals surface area contributed by atoms with E-state index >= 15 is 0 Å². The Balaban J connectivity index is 0.00000221. The number of halogens is 2. The minimum absolute atomic E-state index is 0.0213. The van der Waals surface area contributed by atoms with Gasteiger partial charge in [0.2, 0.25) is 17.7 Å². The highest BCUT2D eigenvalue weighted by molar-refractivity contribution is 6.35. The summed E-state index contributed by atoms with van der Waals surface area (Å²) in [7, 11) is 1.00. The highest BCUT2D eigenvalue weighted by Crippen LogP contribution is 2.46. The average Bonchev–Trinajstić information content (AvgIpc) is 3.88. The van der Waals surface area contributed by atoms with Crippen molar-refractivity contribution in [3.8, 4) is 22.9 Å². The average molecular weight is 699 g/mol. The minimum atomic E-state index is -0.0426. The molecule has 11 nitrogen and oxygen atoms in total. The summed E-state index contributed by atoms with van der Waals surface area (Å²) in [6, 6.07) is 9.42. The summed E-state index contributed by atoms with van der Waals surface area (Å²) < 4.78 is 6.23. The van der Waals surface area contributed by atoms with E-state index in [-0.39, 0.29) is 11.3 Å². The normalized spacial score (nSPS) is 18.1. The first kappa shape index (κ1) is 35.9. The number of piperidine rings is 1. The first-order valence-corrected chi connectivity index (χ1v) is 17.3. The third-order valence-electron chi connectivity index (χ3n) is 9.33. The number of amides is 1. The standard InChI is InChI=1S/C34H41Cl2N7O3.CH4O/c1-24(45)37-19-25-2-7-42(8-3-25)22-26-14-31(27-16-28(35)18-29(36)17-27)40-32(15-26)46-30-20-38-33(39-21-30)43-12-10-41(11-13-43)9-6-34(23-44)4-5-34;1-2/h14-18,20-21,23,25H,2-13,19,22H2,1H3,(H,37,45);2H,1H3. The second-order valence-electron chi connectivity index (χ2n) is 12.9. The van der Waals surface area contributed by atoms with E-state index in [2.05, 4.69) is 36.1 Å². The topological polar surface area (TPSA) is 124 Å². The monoisotopic (exact) mass is 697 g/mol. The van der Waals surface area contributed by atoms with E-state index in [0.717, 1.165) is 116 Å². The van der Waals surface area contributed by atoms with E-state index in [1.807, 2.05) is 18.2 Å². The Labute approximate surface area is 292 Å². The van der Waals surface area contributed by atoms with Crippen LogP contribution in [0.2, 0.25) is 10.0 Å². The van der Waals surface area contributed by atoms with Gasteiger partial charge in [0.15, 0.2) is 5.75 Å². The maximum atomic E-state index is 11.3. The number of pyridine rings is 1. The molecule has 1 aromatic carbocycles. The molecule has 6 rings (SSSR count). The molecule has 3 aliphatic rings. The number of nitrogens with zero attached hydrogens (tertiary/aromatic N) is 6. The molecule has 2 aliphatic heterocycles. The van der Waals surface area contributed by atoms with Gasteiger partial charge in [-0.25, -0.2) is 15.0 Å². The van der Waals surface area contributed by atoms with Crippen molar-refractivity contribution >= 4 is 41.3 Å². The third kappa shape index (κ3) is 10.1. The molecule has 4 heterocycles. The third-order valence-corrected chi connectivity index (χ3v) is 9.77. The number of piperazine rings is 1. The largest absolute Gasteiger partial charge is 0.436 e. The van der Waals surface area contributed by atoms with Gasteiger partial charge in [-0.1, -0.05) is 23.2 Å². The summed E-state index contributed by atoms with van der Waals surface area (Å²) in [4.78, 5) is 43.7. The number of ether oxygens (including phenoxy) is 1. The lowest BCUT2D eigenvalue weighted by Gasteiger charge is -2.35. The van der Waals surface area contributed by atoms with Crippen LogP contribution >= 0.6 is 23.2 Å². The molecule has 2 saturated heterocycles. The number of carbonyl (C=O) groups excluding carboxylic acids is 2. The Hall–Kier alpha value is -3.35. The van der Waals surface area contributed by atoms with Gasteiger partial charge in [0.25, 0.3) is 0 Å². The van der Waals surface area contributed by atoms with Crippen molar-refractivity contribution in [1.82, 2.24) is 30.1 Å². The van der Waals surface area contributed by atoms with E-state index in [4.69, 9.17) is 38.0 Å². The lowest BCUT2D eigenvalue weighted by atomic mass is 9.96. The predicted octanol–water partition coefficient (Wildman–Crippen LogP) is 5.09. The number of hydrogen-bond donors (Lipinski definition) is 2. The van der Waals surface area contributed by atoms with Crippen molar-refractivity contribution in [3.05, 3.63) is 58.3 Å². The molecule has 0 atom stereocenters. The smallest absolute Gasteiger partial charge is 0.225 e. The van der Waals surface area contributed by atoms with Crippen LogP contribution in [0.1, 0.15) is 44.6 Å². The predicted molar refractivity (Wildman–Crippen MR) is 188 cm³/mol. The van der Waals surface area contributed by atoms with Crippen LogP contribution in [0.25, 0.3) is 11.3 Å². The van der Waals surface area contributed by atoms with Crippen LogP contribution in [0.15, 0.2) is 42.7 Å². The van der Waals surface area contributed by atoms with Crippen LogP contribution < -0.4 is 15.0 Å². The van der Waals surface area contributed by atoms with Gasteiger partial charge in [0.05, 0.1) is 18.1 Å². The molecule has 0 unspecified atom stereocenters. The van der Waals surface area contributed by atoms with Crippen molar-refractivity contribution in [2.45, 2.75) is 45.6 Å². The van der Waals surface area contributed by atoms with E-state index in [9.17, 15) is 9.59 Å². The molecular formula is C35H45Cl2N7O4. The molecule has 258 valence electrons. The molecule has 48 heavy (non-hydrogen) atoms. The van der Waals surface area contributed by atoms with Crippen molar-refractivity contribution in [2.24, 2.45) is 11.3 Å². The molecule has 0 radical (unpaired) electrons. The number of hydrogen-bond acceptors (Lipinski definition) is 10. The molecular weight excluding hydrogens is 653 g/mol. The number of aliphatic hydroxyl groups is 1. The molecule has 3 aromatic rings. The number of nitrogens with one attached hydrogen (secondary N) is 1. The Kier molecular flexibility index (Phi) is 12.6. The summed E-state index contributed by atoms with van der Waals surface area (Å²) in [6.45, 7) is 9.44. The van der Waals surface area contributed by atoms with Gasteiger partial charge < -0.3 is 24.9 Å². The highest BCUT2D eigenvalue weighted by atomic mass is 35.5. The number of aliphatic hydroxyl groups excluding tert-OH is 1. The Morgan fingerprint density at radius 2 is 1.65 bits per heavy atom. The number of benzene rings is 1. The van der Waals surface area contributed by atoms with Crippen molar-refractivity contribution in [1.29, 1.82) is 0 Å². The summed E-state index contributed by atoms with van der Waals surface area (Å²) in [5.74, 6) is 2.14. The summed E-state index contributed by atoms with van der Waals surface area (Å²) in [6.07, 6.45) is 9.64. The number of anilines is 1. The molecule has 1 amide bonds. The molecule has 1 saturated carbocycles. The zero-order valence-corrected chi connectivity index (χ0v) is 29.2. The number of likely N-dealkylation sites (tertiary alicyclic amines) is 1. The van der Waals surface area contributed by atoms with Gasteiger partial charge >= 0.3 is 0 Å². The maximum absolute atomic E-state index is 11.3. The van der Waals surface area contributed by atoms with E-state index in [1.54, 1.807) is 25.4 Å². The summed E-state index contributed by atoms with van der Waals surface area (Å²) in [5, 5.41) is 11.0. The number of carbonyl (C=O) groups is 2. The van der Waals surface area contributed by atoms with E-state index in [1.165, 1.54) is 0 Å². The van der Waals surface area contributed by atoms with Gasteiger partial charge in [0.1, 0.15) is 6.29 Å². The fraction of sp³-hybridized carbons (Fsp3) is 0.514. The van der Waals surface area contributed by atoms with Crippen LogP contribution in [0.4, 0.5) is 5.95 Å². The fourth-order valence-electron chi connectivity index (χ4n) is 6.23. The first-order chi connectivity index (χ1) is 23.3. The molecule has 2 N–H and O–H groups in total. The van der Waals surface area contributed by atoms with E-state index < -0.39 is 0 Å². The van der Waals surface area contributed by atoms with Crippen molar-refractivity contribution in [3.63, 3.8) is 0 Å². The number of aldehydes is 1. The van der Waals surface area contributed by atoms with E-state index in [0.29, 0.717) is 39.2 Å². The second-order valence-corrected chi connectivity index (χ2v) is 13.8. The van der Waals surface area contributed by atoms with Crippen LogP contribution in [0.3, 0.4) is 0 Å². The summed E-state index contributed by atoms with van der Waals surface area (Å²) >= 11 is 12.7. The van der Waals surface area contributed by atoms with Crippen molar-refractivity contribution < 1.29 is 19.4 Å². The Morgan fingerprint density at radius 1 is 0.979 bits per heavy atom. The van der Waals surface area contributed by atoms with Crippen LogP contribution in [-0.4, -0.2) is 102 Å². The van der Waals surface area contributed by atoms with Crippen LogP contribution in [0.5, 0.6) is 11.6 Å². The lowest BCUT2D eigenvalue weighted by molar-refractivity contribution is -0.119. The van der Waals surface area contributed by atoms with Gasteiger partial charge in [-0.3, -0.25) is 14.6 Å². The minimum Gasteiger partial charge on any atom is -0.436 e. The first-order valence-electron chi connectivity index (χ1n) is 16.6. The molecule has 0 bridgehead atoms. The maximum Gasteiger partial charge on any atom is 0.225 e. The molecule has 3 fully saturated rings. The molecule has 13 heteroatoms. The van der Waals surface area contributed by atoms with Crippen LogP contribution in [-0.2, 0) is 16.1 Å². The zero-order chi connectivity index (χ0) is 34.1.